The zero-order valence-electron chi connectivity index (χ0n) is 10.5. The number of rotatable bonds is 5. The van der Waals surface area contributed by atoms with Crippen LogP contribution in [0.4, 0.5) is 0 Å². The van der Waals surface area contributed by atoms with Crippen LogP contribution in [0.2, 0.25) is 0 Å². The van der Waals surface area contributed by atoms with Gasteiger partial charge in [-0.05, 0) is 18.6 Å². The number of hydrogen-bond donors (Lipinski definition) is 1. The highest BCUT2D eigenvalue weighted by Crippen LogP contribution is 2.23. The van der Waals surface area contributed by atoms with Gasteiger partial charge in [-0.2, -0.15) is 0 Å². The lowest BCUT2D eigenvalue weighted by Gasteiger charge is -2.09. The molecule has 1 atom stereocenters. The molecule has 0 saturated heterocycles. The first-order chi connectivity index (χ1) is 8.74. The second-order valence-electron chi connectivity index (χ2n) is 4.04. The van der Waals surface area contributed by atoms with E-state index in [1.54, 1.807) is 11.3 Å². The highest BCUT2D eigenvalue weighted by Gasteiger charge is 2.19. The fourth-order valence-electron chi connectivity index (χ4n) is 1.79. The Balaban J connectivity index is 2.08. The maximum absolute atomic E-state index is 11.5. The van der Waals surface area contributed by atoms with Crippen molar-refractivity contribution in [3.05, 3.63) is 28.7 Å². The number of nitrogens with zero attached hydrogens (tertiary/aromatic N) is 1. The molecule has 2 rings (SSSR count). The van der Waals surface area contributed by atoms with Gasteiger partial charge in [0.05, 0.1) is 29.4 Å². The zero-order chi connectivity index (χ0) is 13.0. The summed E-state index contributed by atoms with van der Waals surface area (Å²) in [7, 11) is 1.43. The quantitative estimate of drug-likeness (QED) is 0.845. The van der Waals surface area contributed by atoms with Gasteiger partial charge in [-0.15, -0.1) is 11.3 Å². The standard InChI is InChI=1S/C13H16N2O2S/c1-3-9(13(16)17-2)7-12-15-11(8-18-12)10-5-4-6-14-10/h4-6,8-9,14H,3,7H2,1-2H3. The fraction of sp³-hybridized carbons (Fsp3) is 0.385. The van der Waals surface area contributed by atoms with Crippen molar-refractivity contribution in [3.63, 3.8) is 0 Å². The van der Waals surface area contributed by atoms with E-state index in [1.807, 2.05) is 30.6 Å². The number of esters is 1. The highest BCUT2D eigenvalue weighted by atomic mass is 32.1. The molecular weight excluding hydrogens is 248 g/mol. The van der Waals surface area contributed by atoms with Crippen LogP contribution >= 0.6 is 11.3 Å². The van der Waals surface area contributed by atoms with Crippen LogP contribution in [0.5, 0.6) is 0 Å². The van der Waals surface area contributed by atoms with E-state index < -0.39 is 0 Å². The molecule has 0 amide bonds. The number of aromatic amines is 1. The van der Waals surface area contributed by atoms with Crippen molar-refractivity contribution in [1.29, 1.82) is 0 Å². The highest BCUT2D eigenvalue weighted by molar-refractivity contribution is 7.09. The molecule has 18 heavy (non-hydrogen) atoms. The maximum atomic E-state index is 11.5. The van der Waals surface area contributed by atoms with Crippen molar-refractivity contribution in [2.75, 3.05) is 7.11 Å². The average molecular weight is 264 g/mol. The van der Waals surface area contributed by atoms with Gasteiger partial charge in [0.25, 0.3) is 0 Å². The minimum atomic E-state index is -0.158. The average Bonchev–Trinajstić information content (AvgIpc) is 3.05. The van der Waals surface area contributed by atoms with Gasteiger partial charge in [0.2, 0.25) is 0 Å². The van der Waals surface area contributed by atoms with Gasteiger partial charge in [0.1, 0.15) is 0 Å². The molecule has 0 aliphatic carbocycles. The summed E-state index contributed by atoms with van der Waals surface area (Å²) < 4.78 is 4.79. The summed E-state index contributed by atoms with van der Waals surface area (Å²) in [6, 6.07) is 3.92. The summed E-state index contributed by atoms with van der Waals surface area (Å²) in [4.78, 5) is 19.2. The first kappa shape index (κ1) is 12.8. The van der Waals surface area contributed by atoms with E-state index in [4.69, 9.17) is 4.74 Å². The van der Waals surface area contributed by atoms with E-state index in [-0.39, 0.29) is 11.9 Å². The zero-order valence-corrected chi connectivity index (χ0v) is 11.3. The topological polar surface area (TPSA) is 55.0 Å². The molecule has 0 aliphatic heterocycles. The molecule has 0 spiro atoms. The van der Waals surface area contributed by atoms with Crippen LogP contribution in [0.1, 0.15) is 18.4 Å². The van der Waals surface area contributed by atoms with Crippen molar-refractivity contribution in [2.24, 2.45) is 5.92 Å². The van der Waals surface area contributed by atoms with E-state index in [0.717, 1.165) is 22.8 Å². The maximum Gasteiger partial charge on any atom is 0.309 e. The molecule has 0 saturated carbocycles. The van der Waals surface area contributed by atoms with E-state index >= 15 is 0 Å². The number of hydrogen-bond acceptors (Lipinski definition) is 4. The second kappa shape index (κ2) is 5.82. The molecular formula is C13H16N2O2S. The summed E-state index contributed by atoms with van der Waals surface area (Å²) in [6.45, 7) is 1.99. The molecule has 0 aliphatic rings. The van der Waals surface area contributed by atoms with Crippen LogP contribution < -0.4 is 0 Å². The number of thiazole rings is 1. The predicted octanol–water partition coefficient (Wildman–Crippen LogP) is 2.88. The fourth-order valence-corrected chi connectivity index (χ4v) is 2.67. The minimum absolute atomic E-state index is 0.0994. The van der Waals surface area contributed by atoms with Crippen LogP contribution in [0.15, 0.2) is 23.7 Å². The Labute approximate surface area is 110 Å². The second-order valence-corrected chi connectivity index (χ2v) is 4.99. The molecule has 96 valence electrons. The Morgan fingerprint density at radius 3 is 3.06 bits per heavy atom. The number of nitrogens with one attached hydrogen (secondary N) is 1. The van der Waals surface area contributed by atoms with Gasteiger partial charge in [-0.1, -0.05) is 6.92 Å². The Bertz CT molecular complexity index is 505. The molecule has 2 aromatic rings. The van der Waals surface area contributed by atoms with Gasteiger partial charge >= 0.3 is 5.97 Å². The largest absolute Gasteiger partial charge is 0.469 e. The Kier molecular flexibility index (Phi) is 4.15. The number of aromatic nitrogens is 2. The summed E-state index contributed by atoms with van der Waals surface area (Å²) in [6.07, 6.45) is 3.29. The first-order valence-corrected chi connectivity index (χ1v) is 6.78. The molecule has 0 radical (unpaired) electrons. The van der Waals surface area contributed by atoms with Crippen LogP contribution in [0.3, 0.4) is 0 Å². The molecule has 2 heterocycles. The number of carbonyl (C=O) groups excluding carboxylic acids is 1. The van der Waals surface area contributed by atoms with E-state index in [2.05, 4.69) is 9.97 Å². The lowest BCUT2D eigenvalue weighted by atomic mass is 10.0. The lowest BCUT2D eigenvalue weighted by Crippen LogP contribution is -2.17. The van der Waals surface area contributed by atoms with Crippen molar-refractivity contribution >= 4 is 17.3 Å². The predicted molar refractivity (Wildman–Crippen MR) is 71.4 cm³/mol. The van der Waals surface area contributed by atoms with Crippen molar-refractivity contribution in [2.45, 2.75) is 19.8 Å². The van der Waals surface area contributed by atoms with Crippen LogP contribution in [0, 0.1) is 5.92 Å². The van der Waals surface area contributed by atoms with Crippen molar-refractivity contribution < 1.29 is 9.53 Å². The molecule has 0 fully saturated rings. The number of H-pyrrole nitrogens is 1. The number of carbonyl (C=O) groups is 1. The summed E-state index contributed by atoms with van der Waals surface area (Å²) in [5.41, 5.74) is 1.93. The molecule has 2 aromatic heterocycles. The van der Waals surface area contributed by atoms with Crippen molar-refractivity contribution in [1.82, 2.24) is 9.97 Å². The third-order valence-electron chi connectivity index (χ3n) is 2.87. The van der Waals surface area contributed by atoms with Gasteiger partial charge < -0.3 is 9.72 Å². The van der Waals surface area contributed by atoms with Crippen LogP contribution in [-0.2, 0) is 16.0 Å². The monoisotopic (exact) mass is 264 g/mol. The lowest BCUT2D eigenvalue weighted by molar-refractivity contribution is -0.145. The molecule has 0 aromatic carbocycles. The number of methoxy groups -OCH3 is 1. The molecule has 4 nitrogen and oxygen atoms in total. The Morgan fingerprint density at radius 1 is 1.61 bits per heavy atom. The Hall–Kier alpha value is -1.62. The summed E-state index contributed by atoms with van der Waals surface area (Å²) >= 11 is 1.58. The Morgan fingerprint density at radius 2 is 2.44 bits per heavy atom. The van der Waals surface area contributed by atoms with E-state index in [0.29, 0.717) is 6.42 Å². The van der Waals surface area contributed by atoms with Gasteiger partial charge in [-0.3, -0.25) is 4.79 Å². The smallest absolute Gasteiger partial charge is 0.309 e. The third-order valence-corrected chi connectivity index (χ3v) is 3.75. The summed E-state index contributed by atoms with van der Waals surface area (Å²) in [5.74, 6) is -0.258. The molecule has 1 unspecified atom stereocenters. The normalized spacial score (nSPS) is 12.3. The van der Waals surface area contributed by atoms with Gasteiger partial charge in [-0.25, -0.2) is 4.98 Å². The van der Waals surface area contributed by atoms with E-state index in [1.165, 1.54) is 7.11 Å². The summed E-state index contributed by atoms with van der Waals surface area (Å²) in [5, 5.41) is 2.97. The van der Waals surface area contributed by atoms with Crippen LogP contribution in [0.25, 0.3) is 11.4 Å². The molecule has 5 heteroatoms. The van der Waals surface area contributed by atoms with E-state index in [9.17, 15) is 4.79 Å². The van der Waals surface area contributed by atoms with Crippen molar-refractivity contribution in [3.8, 4) is 11.4 Å². The first-order valence-electron chi connectivity index (χ1n) is 5.90. The minimum Gasteiger partial charge on any atom is -0.469 e. The molecule has 0 bridgehead atoms. The SMILES string of the molecule is CCC(Cc1nc(-c2ccc[nH]2)cs1)C(=O)OC. The van der Waals surface area contributed by atoms with Gasteiger partial charge in [0, 0.05) is 18.0 Å². The van der Waals surface area contributed by atoms with Gasteiger partial charge in [0.15, 0.2) is 0 Å². The molecule has 1 N–H and O–H groups in total. The third kappa shape index (κ3) is 2.79. The number of ether oxygens (including phenoxy) is 1. The van der Waals surface area contributed by atoms with Crippen LogP contribution in [-0.4, -0.2) is 23.0 Å².